The fraction of sp³-hybridized carbons (Fsp3) is 0.526. The number of rotatable bonds is 4. The number of benzene rings is 1. The summed E-state index contributed by atoms with van der Waals surface area (Å²) in [5.74, 6) is -0.500. The van der Waals surface area contributed by atoms with Gasteiger partial charge in [0, 0.05) is 12.0 Å². The van der Waals surface area contributed by atoms with Crippen LogP contribution in [0.25, 0.3) is 15.9 Å². The second-order valence-electron chi connectivity index (χ2n) is 8.01. The number of hydrogen-bond donors (Lipinski definition) is 1. The first-order valence-corrected chi connectivity index (χ1v) is 8.74. The lowest BCUT2D eigenvalue weighted by Gasteiger charge is -2.41. The first-order valence-electron chi connectivity index (χ1n) is 8.74. The molecule has 0 radical (unpaired) electrons. The first-order chi connectivity index (χ1) is 12.5. The minimum absolute atomic E-state index is 0.234. The minimum Gasteiger partial charge on any atom is -0.305 e. The molecular weight excluding hydrogens is 357 g/mol. The van der Waals surface area contributed by atoms with E-state index in [9.17, 15) is 18.0 Å². The lowest BCUT2D eigenvalue weighted by Crippen LogP contribution is -2.39. The zero-order chi connectivity index (χ0) is 20.0. The van der Waals surface area contributed by atoms with Crippen molar-refractivity contribution in [1.82, 2.24) is 9.55 Å². The number of fused-ring (bicyclic) bond motifs is 1. The summed E-state index contributed by atoms with van der Waals surface area (Å²) in [5, 5.41) is 2.58. The summed E-state index contributed by atoms with van der Waals surface area (Å²) in [6.45, 7) is 11.2. The quantitative estimate of drug-likeness (QED) is 0.724. The lowest BCUT2D eigenvalue weighted by molar-refractivity contribution is -0.213. The Morgan fingerprint density at radius 1 is 1.37 bits per heavy atom. The molecule has 1 heterocycles. The van der Waals surface area contributed by atoms with Crippen molar-refractivity contribution in [1.29, 1.82) is 0 Å². The number of amides is 1. The number of carbonyl (C=O) groups is 1. The van der Waals surface area contributed by atoms with Gasteiger partial charge in [0.1, 0.15) is 0 Å². The van der Waals surface area contributed by atoms with Crippen LogP contribution in [0.3, 0.4) is 0 Å². The van der Waals surface area contributed by atoms with Gasteiger partial charge >= 0.3 is 6.18 Å². The molecule has 0 bridgehead atoms. The molecule has 144 valence electrons. The van der Waals surface area contributed by atoms with Crippen molar-refractivity contribution >= 4 is 28.6 Å². The van der Waals surface area contributed by atoms with Crippen LogP contribution in [0.1, 0.15) is 46.5 Å². The van der Waals surface area contributed by atoms with E-state index in [1.54, 1.807) is 18.2 Å². The van der Waals surface area contributed by atoms with Crippen molar-refractivity contribution in [2.75, 3.05) is 5.32 Å². The molecule has 0 aliphatic heterocycles. The molecule has 8 heteroatoms. The van der Waals surface area contributed by atoms with Gasteiger partial charge in [-0.3, -0.25) is 10.1 Å². The maximum Gasteiger partial charge on any atom is 0.394 e. The van der Waals surface area contributed by atoms with E-state index in [0.717, 1.165) is 33.1 Å². The summed E-state index contributed by atoms with van der Waals surface area (Å²) in [7, 11) is 0. The molecular formula is C19H21F3N4O. The highest BCUT2D eigenvalue weighted by atomic mass is 19.4. The summed E-state index contributed by atoms with van der Waals surface area (Å²) in [4.78, 5) is 20.2. The molecule has 2 aromatic rings. The Labute approximate surface area is 155 Å². The van der Waals surface area contributed by atoms with Crippen molar-refractivity contribution in [3.63, 3.8) is 0 Å². The van der Waals surface area contributed by atoms with Gasteiger partial charge in [-0.15, -0.1) is 0 Å². The fourth-order valence-corrected chi connectivity index (χ4v) is 3.35. The van der Waals surface area contributed by atoms with Gasteiger partial charge < -0.3 is 4.57 Å². The molecule has 1 aliphatic carbocycles. The van der Waals surface area contributed by atoms with E-state index in [4.69, 9.17) is 6.57 Å². The Morgan fingerprint density at radius 3 is 2.56 bits per heavy atom. The third-order valence-corrected chi connectivity index (χ3v) is 5.36. The monoisotopic (exact) mass is 378 g/mol. The van der Waals surface area contributed by atoms with Gasteiger partial charge in [-0.1, -0.05) is 19.9 Å². The maximum absolute atomic E-state index is 13.1. The molecule has 1 fully saturated rings. The summed E-state index contributed by atoms with van der Waals surface area (Å²) in [5.41, 5.74) is -0.664. The highest BCUT2D eigenvalue weighted by molar-refractivity contribution is 5.92. The van der Waals surface area contributed by atoms with Crippen LogP contribution < -0.4 is 5.32 Å². The van der Waals surface area contributed by atoms with Gasteiger partial charge in [-0.2, -0.15) is 13.2 Å². The molecule has 1 saturated carbocycles. The Morgan fingerprint density at radius 2 is 2.04 bits per heavy atom. The summed E-state index contributed by atoms with van der Waals surface area (Å²) < 4.78 is 41.1. The highest BCUT2D eigenvalue weighted by Crippen LogP contribution is 2.44. The van der Waals surface area contributed by atoms with Crippen LogP contribution in [0.5, 0.6) is 0 Å². The molecule has 0 saturated heterocycles. The number of halogens is 3. The molecule has 0 atom stereocenters. The minimum atomic E-state index is -4.48. The number of nitrogens with one attached hydrogen (secondary N) is 1. The lowest BCUT2D eigenvalue weighted by atomic mass is 9.78. The largest absolute Gasteiger partial charge is 0.394 e. The van der Waals surface area contributed by atoms with E-state index in [0.29, 0.717) is 16.7 Å². The van der Waals surface area contributed by atoms with Crippen molar-refractivity contribution in [2.45, 2.75) is 58.2 Å². The second kappa shape index (κ2) is 6.25. The number of anilines is 1. The van der Waals surface area contributed by atoms with Gasteiger partial charge in [0.05, 0.1) is 23.0 Å². The Balaban J connectivity index is 1.98. The Kier molecular flexibility index (Phi) is 4.45. The number of nitrogens with zero attached hydrogens (tertiary/aromatic N) is 3. The van der Waals surface area contributed by atoms with Crippen molar-refractivity contribution < 1.29 is 18.0 Å². The Hall–Kier alpha value is -2.56. The molecule has 1 N–H and O–H groups in total. The molecule has 5 nitrogen and oxygen atoms in total. The van der Waals surface area contributed by atoms with E-state index < -0.39 is 23.9 Å². The predicted octanol–water partition coefficient (Wildman–Crippen LogP) is 5.40. The molecule has 27 heavy (non-hydrogen) atoms. The molecule has 1 aromatic heterocycles. The number of aromatic nitrogens is 2. The third kappa shape index (κ3) is 3.38. The van der Waals surface area contributed by atoms with Crippen LogP contribution >= 0.6 is 0 Å². The van der Waals surface area contributed by atoms with Crippen LogP contribution in [0.4, 0.5) is 24.8 Å². The molecule has 0 unspecified atom stereocenters. The standard InChI is InChI=1S/C19H21F3N4O/c1-17(2,19(20,21)22)11-15(27)25-16-24-13-7-6-12(23-4)10-14(13)26(16)18(3)8-5-9-18/h6-7,10H,5,8-9,11H2,1-3H3,(H,24,25,27). The molecule has 0 spiro atoms. The Bertz CT molecular complexity index is 933. The highest BCUT2D eigenvalue weighted by Gasteiger charge is 2.48. The van der Waals surface area contributed by atoms with E-state index in [1.807, 2.05) is 11.5 Å². The van der Waals surface area contributed by atoms with Gasteiger partial charge in [-0.05, 0) is 38.3 Å². The average Bonchev–Trinajstić information content (AvgIpc) is 2.87. The van der Waals surface area contributed by atoms with Crippen molar-refractivity contribution in [3.8, 4) is 0 Å². The van der Waals surface area contributed by atoms with Crippen LogP contribution in [0, 0.1) is 12.0 Å². The summed E-state index contributed by atoms with van der Waals surface area (Å²) in [6.07, 6.45) is -2.40. The van der Waals surface area contributed by atoms with E-state index >= 15 is 0 Å². The van der Waals surface area contributed by atoms with Crippen LogP contribution in [0.2, 0.25) is 0 Å². The maximum atomic E-state index is 13.1. The van der Waals surface area contributed by atoms with Crippen LogP contribution in [-0.4, -0.2) is 21.6 Å². The van der Waals surface area contributed by atoms with Gasteiger partial charge in [-0.25, -0.2) is 9.83 Å². The third-order valence-electron chi connectivity index (χ3n) is 5.36. The van der Waals surface area contributed by atoms with Crippen LogP contribution in [-0.2, 0) is 10.3 Å². The van der Waals surface area contributed by atoms with Gasteiger partial charge in [0.15, 0.2) is 5.69 Å². The average molecular weight is 378 g/mol. The smallest absolute Gasteiger partial charge is 0.305 e. The number of imidazole rings is 1. The topological polar surface area (TPSA) is 51.3 Å². The molecule has 1 aromatic carbocycles. The number of alkyl halides is 3. The number of carbonyl (C=O) groups excluding carboxylic acids is 1. The van der Waals surface area contributed by atoms with Crippen molar-refractivity contribution in [3.05, 3.63) is 29.6 Å². The van der Waals surface area contributed by atoms with Crippen LogP contribution in [0.15, 0.2) is 18.2 Å². The summed E-state index contributed by atoms with van der Waals surface area (Å²) >= 11 is 0. The number of hydrogen-bond acceptors (Lipinski definition) is 2. The summed E-state index contributed by atoms with van der Waals surface area (Å²) in [6, 6.07) is 5.03. The fourth-order valence-electron chi connectivity index (χ4n) is 3.35. The molecule has 1 aliphatic rings. The van der Waals surface area contributed by atoms with E-state index in [1.165, 1.54) is 0 Å². The first kappa shape index (κ1) is 19.2. The second-order valence-corrected chi connectivity index (χ2v) is 8.01. The van der Waals surface area contributed by atoms with E-state index in [-0.39, 0.29) is 11.5 Å². The zero-order valence-electron chi connectivity index (χ0n) is 15.4. The molecule has 1 amide bonds. The zero-order valence-corrected chi connectivity index (χ0v) is 15.4. The molecule has 3 rings (SSSR count). The van der Waals surface area contributed by atoms with E-state index in [2.05, 4.69) is 15.1 Å². The normalized spacial score (nSPS) is 16.6. The van der Waals surface area contributed by atoms with Gasteiger partial charge in [0.2, 0.25) is 11.9 Å². The SMILES string of the molecule is [C-]#[N+]c1ccc2nc(NC(=O)CC(C)(C)C(F)(F)F)n(C3(C)CCC3)c2c1. The predicted molar refractivity (Wildman–Crippen MR) is 96.6 cm³/mol. The van der Waals surface area contributed by atoms with Crippen molar-refractivity contribution in [2.24, 2.45) is 5.41 Å². The van der Waals surface area contributed by atoms with Gasteiger partial charge in [0.25, 0.3) is 0 Å².